The number of carbonyl (C=O) groups is 2. The number of fused-ring (bicyclic) bond motifs is 5. The second-order valence-electron chi connectivity index (χ2n) is 10.2. The predicted octanol–water partition coefficient (Wildman–Crippen LogP) is 2.29. The predicted molar refractivity (Wildman–Crippen MR) is 105 cm³/mol. The summed E-state index contributed by atoms with van der Waals surface area (Å²) in [6.45, 7) is 6.18. The van der Waals surface area contributed by atoms with Gasteiger partial charge in [-0.05, 0) is 63.0 Å². The summed E-state index contributed by atoms with van der Waals surface area (Å²) < 4.78 is 17.0. The topological polar surface area (TPSA) is 94.8 Å². The van der Waals surface area contributed by atoms with Gasteiger partial charge in [-0.15, -0.1) is 0 Å². The van der Waals surface area contributed by atoms with E-state index in [-0.39, 0.29) is 18.1 Å². The number of ketones is 2. The van der Waals surface area contributed by atoms with Crippen molar-refractivity contribution in [3.63, 3.8) is 0 Å². The van der Waals surface area contributed by atoms with Gasteiger partial charge < -0.3 is 15.3 Å². The standard InChI is InChI=1S/C23H31FO5/c1-12-9-20(3)14(8-17(12)26)5-6-15-16-7-13(2)23(29,19(28)11-25)21(16,4)10-18(27)22(15,20)24/h8-9,13,15-16,18,25,27,29H,5-7,10-11H2,1-4H3/t13-,15+,16+,18+,20+,21+,22+,23+/m1/s1. The van der Waals surface area contributed by atoms with Crippen molar-refractivity contribution in [2.24, 2.45) is 28.6 Å². The van der Waals surface area contributed by atoms with E-state index in [0.717, 1.165) is 0 Å². The molecule has 0 unspecified atom stereocenters. The molecule has 3 saturated carbocycles. The third-order valence-electron chi connectivity index (χ3n) is 9.09. The van der Waals surface area contributed by atoms with Crippen molar-refractivity contribution in [3.05, 3.63) is 23.3 Å². The summed E-state index contributed by atoms with van der Waals surface area (Å²) in [6, 6.07) is 0. The van der Waals surface area contributed by atoms with E-state index in [0.29, 0.717) is 30.4 Å². The molecule has 0 aliphatic heterocycles. The minimum Gasteiger partial charge on any atom is -0.390 e. The van der Waals surface area contributed by atoms with E-state index in [1.165, 1.54) is 6.08 Å². The van der Waals surface area contributed by atoms with Gasteiger partial charge in [0.2, 0.25) is 0 Å². The number of rotatable bonds is 2. The SMILES string of the molecule is CC1=C[C@@]2(C)C(=CC1=O)CC[C@H]1[C@@H]3C[C@@H](C)[C@](O)(C(=O)CO)[C@@]3(C)C[C@H](O)[C@@]12F. The van der Waals surface area contributed by atoms with Crippen molar-refractivity contribution >= 4 is 11.6 Å². The van der Waals surface area contributed by atoms with E-state index < -0.39 is 52.4 Å². The van der Waals surface area contributed by atoms with E-state index in [1.807, 2.05) is 0 Å². The molecule has 3 N–H and O–H groups in total. The third-order valence-corrected chi connectivity index (χ3v) is 9.09. The van der Waals surface area contributed by atoms with E-state index in [4.69, 9.17) is 0 Å². The lowest BCUT2D eigenvalue weighted by Gasteiger charge is -2.62. The first kappa shape index (κ1) is 20.9. The minimum atomic E-state index is -1.99. The Morgan fingerprint density at radius 3 is 2.59 bits per heavy atom. The summed E-state index contributed by atoms with van der Waals surface area (Å²) >= 11 is 0. The van der Waals surface area contributed by atoms with Crippen LogP contribution in [0.1, 0.15) is 53.4 Å². The molecule has 0 aromatic carbocycles. The number of allylic oxidation sites excluding steroid dienone is 4. The number of hydrogen-bond acceptors (Lipinski definition) is 5. The first-order valence-electron chi connectivity index (χ1n) is 10.6. The molecule has 3 fully saturated rings. The lowest BCUT2D eigenvalue weighted by atomic mass is 9.44. The Hall–Kier alpha value is -1.37. The van der Waals surface area contributed by atoms with E-state index in [2.05, 4.69) is 0 Å². The zero-order valence-electron chi connectivity index (χ0n) is 17.5. The summed E-state index contributed by atoms with van der Waals surface area (Å²) in [5, 5.41) is 32.1. The molecule has 0 bridgehead atoms. The van der Waals surface area contributed by atoms with Gasteiger partial charge in [0.1, 0.15) is 12.2 Å². The highest BCUT2D eigenvalue weighted by Crippen LogP contribution is 2.70. The minimum absolute atomic E-state index is 0.0685. The van der Waals surface area contributed by atoms with Gasteiger partial charge in [-0.25, -0.2) is 4.39 Å². The fourth-order valence-electron chi connectivity index (χ4n) is 7.54. The molecule has 8 atom stereocenters. The smallest absolute Gasteiger partial charge is 0.190 e. The number of aliphatic hydroxyl groups is 3. The monoisotopic (exact) mass is 406 g/mol. The van der Waals surface area contributed by atoms with Gasteiger partial charge in [-0.1, -0.05) is 25.5 Å². The van der Waals surface area contributed by atoms with Crippen molar-refractivity contribution in [3.8, 4) is 0 Å². The fourth-order valence-corrected chi connectivity index (χ4v) is 7.54. The molecule has 0 heterocycles. The van der Waals surface area contributed by atoms with Crippen molar-refractivity contribution in [1.82, 2.24) is 0 Å². The van der Waals surface area contributed by atoms with E-state index in [1.54, 1.807) is 33.8 Å². The van der Waals surface area contributed by atoms with Crippen LogP contribution in [0.15, 0.2) is 23.3 Å². The van der Waals surface area contributed by atoms with E-state index >= 15 is 4.39 Å². The highest BCUT2D eigenvalue weighted by atomic mass is 19.1. The number of halogens is 1. The van der Waals surface area contributed by atoms with Gasteiger partial charge in [0, 0.05) is 16.7 Å². The summed E-state index contributed by atoms with van der Waals surface area (Å²) in [5.74, 6) is -2.08. The van der Waals surface area contributed by atoms with Crippen LogP contribution in [-0.4, -0.2) is 50.9 Å². The molecule has 5 nitrogen and oxygen atoms in total. The Balaban J connectivity index is 1.85. The first-order valence-corrected chi connectivity index (χ1v) is 10.6. The van der Waals surface area contributed by atoms with Crippen LogP contribution in [0.25, 0.3) is 0 Å². The number of hydrogen-bond donors (Lipinski definition) is 3. The maximum Gasteiger partial charge on any atom is 0.190 e. The van der Waals surface area contributed by atoms with Crippen molar-refractivity contribution in [2.45, 2.75) is 70.8 Å². The molecule has 0 aromatic heterocycles. The maximum absolute atomic E-state index is 17.0. The number of Topliss-reactive ketones (excluding diaryl/α,β-unsaturated/α-hetero) is 1. The van der Waals surface area contributed by atoms with Gasteiger partial charge in [0.25, 0.3) is 0 Å². The van der Waals surface area contributed by atoms with Gasteiger partial charge >= 0.3 is 0 Å². The summed E-state index contributed by atoms with van der Waals surface area (Å²) in [6.07, 6.45) is 3.18. The number of alkyl halides is 1. The Morgan fingerprint density at radius 1 is 1.31 bits per heavy atom. The van der Waals surface area contributed by atoms with Crippen LogP contribution < -0.4 is 0 Å². The van der Waals surface area contributed by atoms with Crippen molar-refractivity contribution in [2.75, 3.05) is 6.61 Å². The van der Waals surface area contributed by atoms with Crippen molar-refractivity contribution < 1.29 is 29.3 Å². The molecule has 4 aliphatic rings. The second kappa shape index (κ2) is 6.08. The Kier molecular flexibility index (Phi) is 4.38. The van der Waals surface area contributed by atoms with Gasteiger partial charge in [0.15, 0.2) is 17.2 Å². The Bertz CT molecular complexity index is 848. The average Bonchev–Trinajstić information content (AvgIpc) is 2.85. The highest BCUT2D eigenvalue weighted by molar-refractivity contribution is 6.05. The van der Waals surface area contributed by atoms with Crippen LogP contribution >= 0.6 is 0 Å². The van der Waals surface area contributed by atoms with Crippen LogP contribution in [0.2, 0.25) is 0 Å². The third kappa shape index (κ3) is 2.20. The molecule has 29 heavy (non-hydrogen) atoms. The van der Waals surface area contributed by atoms with Gasteiger partial charge in [-0.3, -0.25) is 9.59 Å². The van der Waals surface area contributed by atoms with Crippen LogP contribution in [0, 0.1) is 28.6 Å². The highest BCUT2D eigenvalue weighted by Gasteiger charge is 2.75. The quantitative estimate of drug-likeness (QED) is 0.654. The van der Waals surface area contributed by atoms with Gasteiger partial charge in [0.05, 0.1) is 6.10 Å². The summed E-state index contributed by atoms with van der Waals surface area (Å²) in [5.41, 5.74) is -4.72. The van der Waals surface area contributed by atoms with Crippen LogP contribution in [0.3, 0.4) is 0 Å². The molecule has 0 radical (unpaired) electrons. The van der Waals surface area contributed by atoms with Crippen molar-refractivity contribution in [1.29, 1.82) is 0 Å². The molecule has 0 amide bonds. The molecule has 0 spiro atoms. The zero-order valence-corrected chi connectivity index (χ0v) is 17.5. The molecule has 4 rings (SSSR count). The molecule has 0 saturated heterocycles. The number of carbonyl (C=O) groups excluding carboxylic acids is 2. The van der Waals surface area contributed by atoms with Crippen LogP contribution in [-0.2, 0) is 9.59 Å². The molecule has 6 heteroatoms. The largest absolute Gasteiger partial charge is 0.390 e. The van der Waals surface area contributed by atoms with Crippen LogP contribution in [0.5, 0.6) is 0 Å². The second-order valence-corrected chi connectivity index (χ2v) is 10.2. The van der Waals surface area contributed by atoms with E-state index in [9.17, 15) is 24.9 Å². The van der Waals surface area contributed by atoms with Gasteiger partial charge in [-0.2, -0.15) is 0 Å². The molecule has 0 aromatic rings. The molecular formula is C23H31FO5. The first-order chi connectivity index (χ1) is 13.4. The lowest BCUT2D eigenvalue weighted by Crippen LogP contribution is -2.69. The molecule has 4 aliphatic carbocycles. The normalized spacial score (nSPS) is 51.5. The Morgan fingerprint density at radius 2 is 1.97 bits per heavy atom. The molecule has 160 valence electrons. The summed E-state index contributed by atoms with van der Waals surface area (Å²) in [4.78, 5) is 24.8. The Labute approximate surface area is 170 Å². The fraction of sp³-hybridized carbons (Fsp3) is 0.739. The maximum atomic E-state index is 17.0. The zero-order chi connectivity index (χ0) is 21.6. The average molecular weight is 406 g/mol. The lowest BCUT2D eigenvalue weighted by molar-refractivity contribution is -0.219. The molecular weight excluding hydrogens is 375 g/mol. The summed E-state index contributed by atoms with van der Waals surface area (Å²) in [7, 11) is 0. The van der Waals surface area contributed by atoms with Crippen LogP contribution in [0.4, 0.5) is 4.39 Å². The number of aliphatic hydroxyl groups excluding tert-OH is 2.